The molecule has 0 aliphatic heterocycles. The van der Waals surface area contributed by atoms with Crippen molar-refractivity contribution in [3.63, 3.8) is 0 Å². The summed E-state index contributed by atoms with van der Waals surface area (Å²) in [6.07, 6.45) is 2.93. The molecule has 0 heterocycles. The number of hydrogen-bond donors (Lipinski definition) is 2. The van der Waals surface area contributed by atoms with E-state index in [2.05, 4.69) is 0 Å². The lowest BCUT2D eigenvalue weighted by Crippen LogP contribution is -1.94. The van der Waals surface area contributed by atoms with Crippen molar-refractivity contribution in [3.8, 4) is 11.5 Å². The van der Waals surface area contributed by atoms with Crippen LogP contribution in [0.15, 0.2) is 66.7 Å². The smallest absolute Gasteiger partial charge is 0.189 e. The average Bonchev–Trinajstić information content (AvgIpc) is 2.54. The lowest BCUT2D eigenvalue weighted by Gasteiger charge is -2.05. The van der Waals surface area contributed by atoms with Crippen molar-refractivity contribution in [2.24, 2.45) is 0 Å². The number of phenolic OH excluding ortho intramolecular Hbond substituents is 2. The standard InChI is InChI=1S/C19H14O3/c20-17-8-4-3-7-16(17)19(22)12-10-15-14-6-2-1-5-13(14)9-11-18(15)21/h1-12,20-21H/b12-10+. The molecule has 0 fully saturated rings. The van der Waals surface area contributed by atoms with E-state index in [1.54, 1.807) is 30.3 Å². The largest absolute Gasteiger partial charge is 0.507 e. The van der Waals surface area contributed by atoms with E-state index in [-0.39, 0.29) is 22.8 Å². The Morgan fingerprint density at radius 1 is 0.818 bits per heavy atom. The van der Waals surface area contributed by atoms with E-state index < -0.39 is 0 Å². The van der Waals surface area contributed by atoms with E-state index in [0.29, 0.717) is 5.56 Å². The zero-order valence-corrected chi connectivity index (χ0v) is 11.7. The first-order valence-electron chi connectivity index (χ1n) is 6.88. The van der Waals surface area contributed by atoms with Gasteiger partial charge in [-0.15, -0.1) is 0 Å². The topological polar surface area (TPSA) is 57.5 Å². The number of phenols is 2. The van der Waals surface area contributed by atoms with E-state index in [0.717, 1.165) is 10.8 Å². The summed E-state index contributed by atoms with van der Waals surface area (Å²) in [5.41, 5.74) is 0.820. The molecular weight excluding hydrogens is 276 g/mol. The molecule has 3 aromatic rings. The Morgan fingerprint density at radius 2 is 1.55 bits per heavy atom. The van der Waals surface area contributed by atoms with Crippen molar-refractivity contribution in [3.05, 3.63) is 77.9 Å². The Bertz CT molecular complexity index is 879. The fourth-order valence-electron chi connectivity index (χ4n) is 2.39. The van der Waals surface area contributed by atoms with Gasteiger partial charge in [0.2, 0.25) is 0 Å². The highest BCUT2D eigenvalue weighted by atomic mass is 16.3. The van der Waals surface area contributed by atoms with E-state index in [1.165, 1.54) is 12.1 Å². The maximum absolute atomic E-state index is 12.2. The number of carbonyl (C=O) groups is 1. The summed E-state index contributed by atoms with van der Waals surface area (Å²) in [7, 11) is 0. The molecule has 0 saturated carbocycles. The highest BCUT2D eigenvalue weighted by molar-refractivity contribution is 6.09. The first kappa shape index (κ1) is 13.9. The van der Waals surface area contributed by atoms with Crippen LogP contribution in [0, 0.1) is 0 Å². The Hall–Kier alpha value is -3.07. The number of fused-ring (bicyclic) bond motifs is 1. The predicted molar refractivity (Wildman–Crippen MR) is 87.1 cm³/mol. The number of hydrogen-bond acceptors (Lipinski definition) is 3. The molecule has 22 heavy (non-hydrogen) atoms. The minimum atomic E-state index is -0.314. The third kappa shape index (κ3) is 2.56. The molecule has 0 aliphatic carbocycles. The Morgan fingerprint density at radius 3 is 2.36 bits per heavy atom. The molecule has 3 rings (SSSR count). The zero-order valence-electron chi connectivity index (χ0n) is 11.7. The molecule has 0 aliphatic rings. The van der Waals surface area contributed by atoms with Crippen molar-refractivity contribution in [2.75, 3.05) is 0 Å². The van der Waals surface area contributed by atoms with Crippen molar-refractivity contribution in [1.29, 1.82) is 0 Å². The van der Waals surface area contributed by atoms with Gasteiger partial charge in [0.05, 0.1) is 5.56 Å². The highest BCUT2D eigenvalue weighted by Crippen LogP contribution is 2.28. The van der Waals surface area contributed by atoms with Crippen molar-refractivity contribution in [2.45, 2.75) is 0 Å². The molecule has 3 heteroatoms. The maximum atomic E-state index is 12.2. The Labute approximate surface area is 127 Å². The van der Waals surface area contributed by atoms with Crippen LogP contribution >= 0.6 is 0 Å². The summed E-state index contributed by atoms with van der Waals surface area (Å²) in [5, 5.41) is 21.6. The second-order valence-corrected chi connectivity index (χ2v) is 4.93. The molecule has 0 amide bonds. The molecule has 0 radical (unpaired) electrons. The summed E-state index contributed by atoms with van der Waals surface area (Å²) in [4.78, 5) is 12.2. The molecule has 0 atom stereocenters. The molecule has 108 valence electrons. The van der Waals surface area contributed by atoms with Crippen LogP contribution in [-0.4, -0.2) is 16.0 Å². The number of aromatic hydroxyl groups is 2. The van der Waals surface area contributed by atoms with Crippen molar-refractivity contribution in [1.82, 2.24) is 0 Å². The van der Waals surface area contributed by atoms with Crippen LogP contribution in [0.25, 0.3) is 16.8 Å². The van der Waals surface area contributed by atoms with Crippen molar-refractivity contribution < 1.29 is 15.0 Å². The third-order valence-corrected chi connectivity index (χ3v) is 3.52. The van der Waals surface area contributed by atoms with Crippen LogP contribution in [0.2, 0.25) is 0 Å². The molecule has 0 unspecified atom stereocenters. The van der Waals surface area contributed by atoms with Gasteiger partial charge in [0.1, 0.15) is 11.5 Å². The summed E-state index contributed by atoms with van der Waals surface area (Å²) < 4.78 is 0. The lowest BCUT2D eigenvalue weighted by molar-refractivity contribution is 0.104. The SMILES string of the molecule is O=C(/C=C/c1c(O)ccc2ccccc12)c1ccccc1O. The predicted octanol–water partition coefficient (Wildman–Crippen LogP) is 4.15. The lowest BCUT2D eigenvalue weighted by atomic mass is 10.0. The van der Waals surface area contributed by atoms with Gasteiger partial charge in [-0.3, -0.25) is 4.79 Å². The third-order valence-electron chi connectivity index (χ3n) is 3.52. The van der Waals surface area contributed by atoms with E-state index >= 15 is 0 Å². The number of carbonyl (C=O) groups excluding carboxylic acids is 1. The molecule has 0 aromatic heterocycles. The monoisotopic (exact) mass is 290 g/mol. The number of allylic oxidation sites excluding steroid dienone is 1. The first-order chi connectivity index (χ1) is 10.7. The first-order valence-corrected chi connectivity index (χ1v) is 6.88. The van der Waals surface area contributed by atoms with Gasteiger partial charge < -0.3 is 10.2 Å². The van der Waals surface area contributed by atoms with Crippen LogP contribution in [0.3, 0.4) is 0 Å². The fraction of sp³-hybridized carbons (Fsp3) is 0. The van der Waals surface area contributed by atoms with Gasteiger partial charge in [-0.2, -0.15) is 0 Å². The van der Waals surface area contributed by atoms with E-state index in [9.17, 15) is 15.0 Å². The van der Waals surface area contributed by atoms with Gasteiger partial charge in [0.25, 0.3) is 0 Å². The van der Waals surface area contributed by atoms with Gasteiger partial charge >= 0.3 is 0 Å². The normalized spacial score (nSPS) is 11.1. The average molecular weight is 290 g/mol. The second-order valence-electron chi connectivity index (χ2n) is 4.93. The van der Waals surface area contributed by atoms with Gasteiger partial charge in [-0.05, 0) is 41.1 Å². The molecular formula is C19H14O3. The summed E-state index contributed by atoms with van der Waals surface area (Å²) >= 11 is 0. The summed E-state index contributed by atoms with van der Waals surface area (Å²) in [6.45, 7) is 0. The van der Waals surface area contributed by atoms with Crippen LogP contribution in [0.4, 0.5) is 0 Å². The van der Waals surface area contributed by atoms with Gasteiger partial charge in [-0.1, -0.05) is 42.5 Å². The second kappa shape index (κ2) is 5.74. The molecule has 3 nitrogen and oxygen atoms in total. The number of benzene rings is 3. The van der Waals surface area contributed by atoms with Crippen molar-refractivity contribution >= 4 is 22.6 Å². The molecule has 0 spiro atoms. The van der Waals surface area contributed by atoms with Crippen LogP contribution in [0.1, 0.15) is 15.9 Å². The summed E-state index contributed by atoms with van der Waals surface area (Å²) in [6, 6.07) is 17.4. The van der Waals surface area contributed by atoms with E-state index in [1.807, 2.05) is 30.3 Å². The zero-order chi connectivity index (χ0) is 15.5. The fourth-order valence-corrected chi connectivity index (χ4v) is 2.39. The van der Waals surface area contributed by atoms with Crippen LogP contribution < -0.4 is 0 Å². The molecule has 0 saturated heterocycles. The quantitative estimate of drug-likeness (QED) is 0.563. The van der Waals surface area contributed by atoms with Gasteiger partial charge in [0, 0.05) is 5.56 Å². The van der Waals surface area contributed by atoms with E-state index in [4.69, 9.17) is 0 Å². The number of ketones is 1. The minimum absolute atomic E-state index is 0.0562. The summed E-state index contributed by atoms with van der Waals surface area (Å²) in [5.74, 6) is -0.259. The maximum Gasteiger partial charge on any atom is 0.189 e. The number of rotatable bonds is 3. The van der Waals surface area contributed by atoms with Crippen LogP contribution in [0.5, 0.6) is 11.5 Å². The molecule has 2 N–H and O–H groups in total. The Balaban J connectivity index is 2.01. The Kier molecular flexibility index (Phi) is 3.62. The number of para-hydroxylation sites is 1. The molecule has 3 aromatic carbocycles. The highest BCUT2D eigenvalue weighted by Gasteiger charge is 2.08. The van der Waals surface area contributed by atoms with Gasteiger partial charge in [-0.25, -0.2) is 0 Å². The van der Waals surface area contributed by atoms with Gasteiger partial charge in [0.15, 0.2) is 5.78 Å². The van der Waals surface area contributed by atoms with Crippen LogP contribution in [-0.2, 0) is 0 Å². The molecule has 0 bridgehead atoms. The minimum Gasteiger partial charge on any atom is -0.507 e.